The van der Waals surface area contributed by atoms with Crippen molar-refractivity contribution < 1.29 is 0 Å². The van der Waals surface area contributed by atoms with Gasteiger partial charge in [0.2, 0.25) is 0 Å². The van der Waals surface area contributed by atoms with Gasteiger partial charge in [0.15, 0.2) is 0 Å². The second-order valence-corrected chi connectivity index (χ2v) is 9.55. The van der Waals surface area contributed by atoms with E-state index in [9.17, 15) is 0 Å². The van der Waals surface area contributed by atoms with Crippen LogP contribution in [0.4, 0.5) is 0 Å². The zero-order valence-electron chi connectivity index (χ0n) is 11.5. The minimum atomic E-state index is -0.527. The third-order valence-electron chi connectivity index (χ3n) is 3.63. The molecule has 0 aromatic carbocycles. The minimum absolute atomic E-state index is 0.527. The van der Waals surface area contributed by atoms with Crippen molar-refractivity contribution in [2.75, 3.05) is 24.6 Å². The average Bonchev–Trinajstić information content (AvgIpc) is 2.29. The van der Waals surface area contributed by atoms with Gasteiger partial charge < -0.3 is 0 Å². The summed E-state index contributed by atoms with van der Waals surface area (Å²) in [5.74, 6) is 0. The lowest BCUT2D eigenvalue weighted by Crippen LogP contribution is -2.11. The number of hydrogen-bond donors (Lipinski definition) is 0. The van der Waals surface area contributed by atoms with Gasteiger partial charge in [-0.25, -0.2) is 0 Å². The van der Waals surface area contributed by atoms with E-state index in [0.717, 1.165) is 0 Å². The molecule has 0 spiro atoms. The van der Waals surface area contributed by atoms with Crippen LogP contribution < -0.4 is 0 Å². The summed E-state index contributed by atoms with van der Waals surface area (Å²) in [6.07, 6.45) is 14.9. The highest BCUT2D eigenvalue weighted by Crippen LogP contribution is 2.60. The van der Waals surface area contributed by atoms with Crippen LogP contribution >= 0.6 is 7.26 Å². The van der Waals surface area contributed by atoms with E-state index in [4.69, 9.17) is 0 Å². The van der Waals surface area contributed by atoms with Crippen molar-refractivity contribution in [1.29, 1.82) is 0 Å². The zero-order valence-corrected chi connectivity index (χ0v) is 12.4. The second-order valence-electron chi connectivity index (χ2n) is 4.89. The highest BCUT2D eigenvalue weighted by Gasteiger charge is 2.32. The van der Waals surface area contributed by atoms with Gasteiger partial charge in [-0.1, -0.05) is 40.0 Å². The molecule has 0 rings (SSSR count). The molecule has 1 heteroatoms. The fourth-order valence-electron chi connectivity index (χ4n) is 2.29. The summed E-state index contributed by atoms with van der Waals surface area (Å²) < 4.78 is 0. The van der Waals surface area contributed by atoms with Gasteiger partial charge in [-0.2, -0.15) is 0 Å². The lowest BCUT2D eigenvalue weighted by molar-refractivity contribution is 0.834. The van der Waals surface area contributed by atoms with E-state index in [0.29, 0.717) is 0 Å². The molecule has 0 radical (unpaired) electrons. The maximum atomic E-state index is 2.45. The largest absolute Gasteiger partial charge is 0.0652 e. The molecule has 0 saturated heterocycles. The Labute approximate surface area is 98.6 Å². The molecule has 0 fully saturated rings. The van der Waals surface area contributed by atoms with Gasteiger partial charge >= 0.3 is 0 Å². The van der Waals surface area contributed by atoms with Crippen LogP contribution in [0.5, 0.6) is 0 Å². The molecule has 0 aromatic heterocycles. The van der Waals surface area contributed by atoms with E-state index < -0.39 is 7.26 Å². The quantitative estimate of drug-likeness (QED) is 0.440. The second kappa shape index (κ2) is 9.64. The number of rotatable bonds is 10. The summed E-state index contributed by atoms with van der Waals surface area (Å²) in [5.41, 5.74) is 0. The Morgan fingerprint density at radius 1 is 0.600 bits per heavy atom. The minimum Gasteiger partial charge on any atom is -0.0652 e. The molecule has 0 aliphatic heterocycles. The number of unbranched alkanes of at least 4 members (excludes halogenated alkanes) is 3. The Morgan fingerprint density at radius 2 is 0.933 bits per heavy atom. The molecule has 0 amide bonds. The fraction of sp³-hybridized carbons (Fsp3) is 1.00. The smallest absolute Gasteiger partial charge is 0.0594 e. The topological polar surface area (TPSA) is 0 Å². The third kappa shape index (κ3) is 6.56. The Balaban J connectivity index is 4.16. The Kier molecular flexibility index (Phi) is 9.92. The van der Waals surface area contributed by atoms with Gasteiger partial charge in [0.25, 0.3) is 0 Å². The molecule has 92 valence electrons. The predicted molar refractivity (Wildman–Crippen MR) is 76.8 cm³/mol. The van der Waals surface area contributed by atoms with Gasteiger partial charge in [0.1, 0.15) is 0 Å². The molecule has 0 nitrogen and oxygen atoms in total. The molecule has 0 heterocycles. The lowest BCUT2D eigenvalue weighted by atomic mass is 10.4. The van der Waals surface area contributed by atoms with E-state index in [1.165, 1.54) is 44.7 Å². The van der Waals surface area contributed by atoms with Crippen LogP contribution in [0.15, 0.2) is 0 Å². The first-order valence-electron chi connectivity index (χ1n) is 7.09. The van der Waals surface area contributed by atoms with Gasteiger partial charge in [0, 0.05) is 7.26 Å². The molecule has 15 heavy (non-hydrogen) atoms. The SMILES string of the molecule is CCCC[P+](CC)(CCCC)CCCC. The standard InChI is InChI=1S/C14H32P/c1-5-9-12-15(8-4,13-10-6-2)14-11-7-3/h5-14H2,1-4H3/q+1. The van der Waals surface area contributed by atoms with Crippen molar-refractivity contribution in [3.8, 4) is 0 Å². The molecular formula is C14H32P+. The van der Waals surface area contributed by atoms with Crippen LogP contribution in [0.3, 0.4) is 0 Å². The van der Waals surface area contributed by atoms with Crippen LogP contribution in [0.2, 0.25) is 0 Å². The summed E-state index contributed by atoms with van der Waals surface area (Å²) in [5, 5.41) is 0. The van der Waals surface area contributed by atoms with E-state index in [1.54, 1.807) is 18.5 Å². The Bertz CT molecular complexity index is 110. The molecule has 0 unspecified atom stereocenters. The molecule has 0 aliphatic rings. The van der Waals surface area contributed by atoms with Crippen molar-refractivity contribution >= 4 is 7.26 Å². The zero-order chi connectivity index (χ0) is 11.6. The summed E-state index contributed by atoms with van der Waals surface area (Å²) >= 11 is 0. The molecule has 0 atom stereocenters. The highest BCUT2D eigenvalue weighted by molar-refractivity contribution is 7.75. The molecule has 0 bridgehead atoms. The summed E-state index contributed by atoms with van der Waals surface area (Å²) in [7, 11) is -0.527. The van der Waals surface area contributed by atoms with E-state index in [-0.39, 0.29) is 0 Å². The van der Waals surface area contributed by atoms with Gasteiger partial charge in [0.05, 0.1) is 24.6 Å². The van der Waals surface area contributed by atoms with Crippen LogP contribution in [0.25, 0.3) is 0 Å². The van der Waals surface area contributed by atoms with Crippen LogP contribution in [-0.4, -0.2) is 24.6 Å². The summed E-state index contributed by atoms with van der Waals surface area (Å²) in [6, 6.07) is 0. The number of hydrogen-bond acceptors (Lipinski definition) is 0. The van der Waals surface area contributed by atoms with Gasteiger partial charge in [-0.05, 0) is 26.2 Å². The predicted octanol–water partition coefficient (Wildman–Crippen LogP) is 5.42. The molecule has 0 saturated carbocycles. The fourth-order valence-corrected chi connectivity index (χ4v) is 6.87. The first kappa shape index (κ1) is 15.4. The van der Waals surface area contributed by atoms with Gasteiger partial charge in [-0.3, -0.25) is 0 Å². The summed E-state index contributed by atoms with van der Waals surface area (Å²) in [6.45, 7) is 9.46. The van der Waals surface area contributed by atoms with Crippen LogP contribution in [-0.2, 0) is 0 Å². The highest BCUT2D eigenvalue weighted by atomic mass is 31.2. The van der Waals surface area contributed by atoms with Crippen molar-refractivity contribution in [3.63, 3.8) is 0 Å². The molecular weight excluding hydrogens is 199 g/mol. The van der Waals surface area contributed by atoms with Crippen molar-refractivity contribution in [2.24, 2.45) is 0 Å². The first-order chi connectivity index (χ1) is 7.24. The van der Waals surface area contributed by atoms with E-state index in [2.05, 4.69) is 27.7 Å². The first-order valence-corrected chi connectivity index (χ1v) is 9.62. The maximum absolute atomic E-state index is 2.45. The average molecular weight is 231 g/mol. The Hall–Kier alpha value is 0.430. The summed E-state index contributed by atoms with van der Waals surface area (Å²) in [4.78, 5) is 0. The Morgan fingerprint density at radius 3 is 1.13 bits per heavy atom. The molecule has 0 aliphatic carbocycles. The van der Waals surface area contributed by atoms with Crippen molar-refractivity contribution in [1.82, 2.24) is 0 Å². The van der Waals surface area contributed by atoms with E-state index in [1.807, 2.05) is 0 Å². The van der Waals surface area contributed by atoms with E-state index >= 15 is 0 Å². The maximum Gasteiger partial charge on any atom is 0.0594 e. The monoisotopic (exact) mass is 231 g/mol. The van der Waals surface area contributed by atoms with Crippen molar-refractivity contribution in [2.45, 2.75) is 66.2 Å². The third-order valence-corrected chi connectivity index (χ3v) is 8.77. The van der Waals surface area contributed by atoms with Crippen LogP contribution in [0, 0.1) is 0 Å². The van der Waals surface area contributed by atoms with Crippen LogP contribution in [0.1, 0.15) is 66.2 Å². The lowest BCUT2D eigenvalue weighted by Gasteiger charge is -2.26. The molecule has 0 aromatic rings. The molecule has 0 N–H and O–H groups in total. The van der Waals surface area contributed by atoms with Crippen molar-refractivity contribution in [3.05, 3.63) is 0 Å². The normalized spacial score (nSPS) is 12.0. The van der Waals surface area contributed by atoms with Gasteiger partial charge in [-0.15, -0.1) is 0 Å².